The van der Waals surface area contributed by atoms with Crippen LogP contribution >= 0.6 is 0 Å². The molecule has 0 aliphatic carbocycles. The van der Waals surface area contributed by atoms with Crippen molar-refractivity contribution in [3.8, 4) is 0 Å². The molecule has 4 nitrogen and oxygen atoms in total. The van der Waals surface area contributed by atoms with E-state index in [1.54, 1.807) is 6.92 Å². The molecule has 0 aliphatic heterocycles. The lowest BCUT2D eigenvalue weighted by atomic mass is 10.0. The van der Waals surface area contributed by atoms with Crippen LogP contribution in [0.5, 0.6) is 0 Å². The minimum absolute atomic E-state index is 0.0227. The third-order valence-corrected chi connectivity index (χ3v) is 2.07. The molecule has 1 amide bonds. The van der Waals surface area contributed by atoms with Gasteiger partial charge >= 0.3 is 0 Å². The molecule has 0 aromatic rings. The summed E-state index contributed by atoms with van der Waals surface area (Å²) in [5.74, 6) is 0.227. The Morgan fingerprint density at radius 1 is 1.62 bits per heavy atom. The number of carbonyl (C=O) groups is 1. The number of amides is 1. The Bertz CT molecular complexity index is 147. The van der Waals surface area contributed by atoms with Crippen LogP contribution < -0.4 is 11.1 Å². The highest BCUT2D eigenvalue weighted by molar-refractivity contribution is 5.76. The molecular weight excluding hydrogens is 168 g/mol. The lowest BCUT2D eigenvalue weighted by molar-refractivity contribution is -0.122. The number of hydrogen-bond acceptors (Lipinski definition) is 3. The van der Waals surface area contributed by atoms with Crippen molar-refractivity contribution in [2.24, 2.45) is 11.7 Å². The summed E-state index contributed by atoms with van der Waals surface area (Å²) >= 11 is 0. The van der Waals surface area contributed by atoms with Crippen LogP contribution in [0.1, 0.15) is 26.7 Å². The van der Waals surface area contributed by atoms with Gasteiger partial charge in [0, 0.05) is 12.5 Å². The SMILES string of the molecule is CCC(CN)CC(=O)N[C@@H](C)CO. The molecular formula is C9H20N2O2. The van der Waals surface area contributed by atoms with Crippen LogP contribution in [0.3, 0.4) is 0 Å². The monoisotopic (exact) mass is 188 g/mol. The molecule has 78 valence electrons. The summed E-state index contributed by atoms with van der Waals surface area (Å²) < 4.78 is 0. The van der Waals surface area contributed by atoms with Gasteiger partial charge in [-0.2, -0.15) is 0 Å². The van der Waals surface area contributed by atoms with Crippen LogP contribution in [0.2, 0.25) is 0 Å². The summed E-state index contributed by atoms with van der Waals surface area (Å²) in [5.41, 5.74) is 5.47. The van der Waals surface area contributed by atoms with Gasteiger partial charge in [-0.25, -0.2) is 0 Å². The number of nitrogens with two attached hydrogens (primary N) is 1. The number of carbonyl (C=O) groups excluding carboxylic acids is 1. The minimum Gasteiger partial charge on any atom is -0.394 e. The van der Waals surface area contributed by atoms with Crippen LogP contribution in [-0.4, -0.2) is 30.2 Å². The average molecular weight is 188 g/mol. The van der Waals surface area contributed by atoms with Gasteiger partial charge in [-0.15, -0.1) is 0 Å². The fourth-order valence-corrected chi connectivity index (χ4v) is 1.04. The summed E-state index contributed by atoms with van der Waals surface area (Å²) in [6, 6.07) is -0.164. The van der Waals surface area contributed by atoms with E-state index in [1.807, 2.05) is 6.92 Å². The smallest absolute Gasteiger partial charge is 0.220 e. The Labute approximate surface area is 79.5 Å². The molecule has 2 atom stereocenters. The van der Waals surface area contributed by atoms with Gasteiger partial charge in [0.05, 0.1) is 6.61 Å². The van der Waals surface area contributed by atoms with Gasteiger partial charge in [-0.3, -0.25) is 4.79 Å². The quantitative estimate of drug-likeness (QED) is 0.543. The molecule has 0 radical (unpaired) electrons. The molecule has 0 bridgehead atoms. The second-order valence-electron chi connectivity index (χ2n) is 3.37. The van der Waals surface area contributed by atoms with Crippen molar-refractivity contribution in [3.63, 3.8) is 0 Å². The van der Waals surface area contributed by atoms with E-state index in [4.69, 9.17) is 10.8 Å². The first-order chi connectivity index (χ1) is 6.13. The highest BCUT2D eigenvalue weighted by atomic mass is 16.3. The maximum Gasteiger partial charge on any atom is 0.220 e. The Kier molecular flexibility index (Phi) is 6.54. The van der Waals surface area contributed by atoms with Gasteiger partial charge in [0.15, 0.2) is 0 Å². The maximum absolute atomic E-state index is 11.3. The van der Waals surface area contributed by atoms with Crippen molar-refractivity contribution in [3.05, 3.63) is 0 Å². The molecule has 0 fully saturated rings. The van der Waals surface area contributed by atoms with Crippen LogP contribution in [0.4, 0.5) is 0 Å². The number of rotatable bonds is 6. The van der Waals surface area contributed by atoms with E-state index >= 15 is 0 Å². The Morgan fingerprint density at radius 2 is 2.23 bits per heavy atom. The molecule has 4 heteroatoms. The summed E-state index contributed by atoms with van der Waals surface area (Å²) in [4.78, 5) is 11.3. The molecule has 0 aromatic heterocycles. The highest BCUT2D eigenvalue weighted by Crippen LogP contribution is 2.05. The molecule has 0 saturated carbocycles. The zero-order valence-corrected chi connectivity index (χ0v) is 8.42. The van der Waals surface area contributed by atoms with Crippen LogP contribution in [0.25, 0.3) is 0 Å². The maximum atomic E-state index is 11.3. The fourth-order valence-electron chi connectivity index (χ4n) is 1.04. The number of hydrogen-bond donors (Lipinski definition) is 3. The molecule has 0 aromatic carbocycles. The van der Waals surface area contributed by atoms with Crippen molar-refractivity contribution >= 4 is 5.91 Å². The van der Waals surface area contributed by atoms with Gasteiger partial charge in [-0.05, 0) is 19.4 Å². The first kappa shape index (κ1) is 12.4. The van der Waals surface area contributed by atoms with Gasteiger partial charge in [-0.1, -0.05) is 13.3 Å². The molecule has 0 spiro atoms. The first-order valence-corrected chi connectivity index (χ1v) is 4.74. The average Bonchev–Trinajstić information content (AvgIpc) is 2.13. The third kappa shape index (κ3) is 5.60. The van der Waals surface area contributed by atoms with E-state index in [2.05, 4.69) is 5.32 Å². The van der Waals surface area contributed by atoms with Crippen molar-refractivity contribution < 1.29 is 9.90 Å². The molecule has 13 heavy (non-hydrogen) atoms. The van der Waals surface area contributed by atoms with E-state index in [-0.39, 0.29) is 24.5 Å². The largest absolute Gasteiger partial charge is 0.394 e. The lowest BCUT2D eigenvalue weighted by Gasteiger charge is -2.14. The van der Waals surface area contributed by atoms with Crippen molar-refractivity contribution in [1.82, 2.24) is 5.32 Å². The van der Waals surface area contributed by atoms with E-state index in [0.29, 0.717) is 13.0 Å². The molecule has 4 N–H and O–H groups in total. The molecule has 0 rings (SSSR count). The van der Waals surface area contributed by atoms with Gasteiger partial charge in [0.1, 0.15) is 0 Å². The lowest BCUT2D eigenvalue weighted by Crippen LogP contribution is -2.36. The predicted molar refractivity (Wildman–Crippen MR) is 52.1 cm³/mol. The topological polar surface area (TPSA) is 75.4 Å². The van der Waals surface area contributed by atoms with E-state index in [0.717, 1.165) is 6.42 Å². The third-order valence-electron chi connectivity index (χ3n) is 2.07. The van der Waals surface area contributed by atoms with Gasteiger partial charge < -0.3 is 16.2 Å². The van der Waals surface area contributed by atoms with E-state index < -0.39 is 0 Å². The standard InChI is InChI=1S/C9H20N2O2/c1-3-8(5-10)4-9(13)11-7(2)6-12/h7-8,12H,3-6,10H2,1-2H3,(H,11,13)/t7-,8?/m0/s1. The molecule has 0 saturated heterocycles. The number of aliphatic hydroxyl groups excluding tert-OH is 1. The Morgan fingerprint density at radius 3 is 2.62 bits per heavy atom. The summed E-state index contributed by atoms with van der Waals surface area (Å²) in [5, 5.41) is 11.4. The normalized spacial score (nSPS) is 15.1. The second-order valence-corrected chi connectivity index (χ2v) is 3.37. The van der Waals surface area contributed by atoms with Crippen molar-refractivity contribution in [2.75, 3.05) is 13.2 Å². The van der Waals surface area contributed by atoms with Crippen LogP contribution in [-0.2, 0) is 4.79 Å². The van der Waals surface area contributed by atoms with Crippen molar-refractivity contribution in [2.45, 2.75) is 32.7 Å². The highest BCUT2D eigenvalue weighted by Gasteiger charge is 2.11. The van der Waals surface area contributed by atoms with Crippen LogP contribution in [0.15, 0.2) is 0 Å². The zero-order valence-electron chi connectivity index (χ0n) is 8.42. The van der Waals surface area contributed by atoms with E-state index in [1.165, 1.54) is 0 Å². The first-order valence-electron chi connectivity index (χ1n) is 4.74. The molecule has 0 aliphatic rings. The predicted octanol–water partition coefficient (Wildman–Crippen LogP) is -0.142. The van der Waals surface area contributed by atoms with Crippen molar-refractivity contribution in [1.29, 1.82) is 0 Å². The molecule has 1 unspecified atom stereocenters. The molecule has 0 heterocycles. The summed E-state index contributed by atoms with van der Waals surface area (Å²) in [6.07, 6.45) is 1.37. The van der Waals surface area contributed by atoms with E-state index in [9.17, 15) is 4.79 Å². The number of aliphatic hydroxyl groups is 1. The number of nitrogens with one attached hydrogen (secondary N) is 1. The fraction of sp³-hybridized carbons (Fsp3) is 0.889. The van der Waals surface area contributed by atoms with Crippen LogP contribution in [0, 0.1) is 5.92 Å². The Balaban J connectivity index is 3.72. The summed E-state index contributed by atoms with van der Waals surface area (Å²) in [6.45, 7) is 4.30. The van der Waals surface area contributed by atoms with Gasteiger partial charge in [0.25, 0.3) is 0 Å². The second kappa shape index (κ2) is 6.86. The summed E-state index contributed by atoms with van der Waals surface area (Å²) in [7, 11) is 0. The zero-order chi connectivity index (χ0) is 10.3. The van der Waals surface area contributed by atoms with Gasteiger partial charge in [0.2, 0.25) is 5.91 Å². The Hall–Kier alpha value is -0.610. The minimum atomic E-state index is -0.164.